The minimum atomic E-state index is -3.11. The largest absolute Gasteiger partial charge is 0.456 e. The van der Waals surface area contributed by atoms with E-state index in [-0.39, 0.29) is 24.0 Å². The van der Waals surface area contributed by atoms with Crippen LogP contribution in [0.25, 0.3) is 0 Å². The van der Waals surface area contributed by atoms with E-state index in [4.69, 9.17) is 4.74 Å². The van der Waals surface area contributed by atoms with Crippen molar-refractivity contribution in [3.63, 3.8) is 0 Å². The highest BCUT2D eigenvalue weighted by Gasteiger charge is 2.14. The van der Waals surface area contributed by atoms with Gasteiger partial charge in [0.25, 0.3) is 5.91 Å². The van der Waals surface area contributed by atoms with Gasteiger partial charge in [0.2, 0.25) is 0 Å². The van der Waals surface area contributed by atoms with E-state index in [1.165, 1.54) is 0 Å². The monoisotopic (exact) mass is 411 g/mol. The summed E-state index contributed by atoms with van der Waals surface area (Å²) in [5.74, 6) is 0.617. The first-order valence-electron chi connectivity index (χ1n) is 7.42. The molecule has 1 amide bonds. The number of benzene rings is 2. The Labute approximate surface area is 150 Å². The zero-order valence-electron chi connectivity index (χ0n) is 13.2. The second-order valence-corrected chi connectivity index (χ2v) is 8.44. The lowest BCUT2D eigenvalue weighted by Crippen LogP contribution is -2.29. The molecule has 0 aliphatic carbocycles. The van der Waals surface area contributed by atoms with E-state index < -0.39 is 9.84 Å². The molecule has 0 fully saturated rings. The summed E-state index contributed by atoms with van der Waals surface area (Å²) in [5.41, 5.74) is 0.353. The molecule has 2 rings (SSSR count). The first-order chi connectivity index (χ1) is 11.4. The van der Waals surface area contributed by atoms with Crippen molar-refractivity contribution in [3.05, 3.63) is 58.6 Å². The van der Waals surface area contributed by atoms with Crippen LogP contribution in [0.1, 0.15) is 17.3 Å². The second kappa shape index (κ2) is 8.30. The number of para-hydroxylation sites is 1. The van der Waals surface area contributed by atoms with Crippen molar-refractivity contribution in [2.45, 2.75) is 6.92 Å². The summed E-state index contributed by atoms with van der Waals surface area (Å²) in [7, 11) is -3.11. The first-order valence-corrected chi connectivity index (χ1v) is 10.0. The van der Waals surface area contributed by atoms with Crippen LogP contribution in [0.15, 0.2) is 53.0 Å². The molecule has 128 valence electrons. The SMILES string of the molecule is CCS(=O)(=O)CCNC(=O)c1ccccc1Oc1cccc(Br)c1. The maximum Gasteiger partial charge on any atom is 0.255 e. The Bertz CT molecular complexity index is 821. The highest BCUT2D eigenvalue weighted by atomic mass is 79.9. The van der Waals surface area contributed by atoms with E-state index >= 15 is 0 Å². The van der Waals surface area contributed by atoms with E-state index in [0.717, 1.165) is 4.47 Å². The van der Waals surface area contributed by atoms with Gasteiger partial charge in [0.15, 0.2) is 9.84 Å². The molecule has 0 atom stereocenters. The molecule has 2 aromatic rings. The molecule has 2 aromatic carbocycles. The predicted molar refractivity (Wildman–Crippen MR) is 97.3 cm³/mol. The molecule has 0 unspecified atom stereocenters. The maximum absolute atomic E-state index is 12.3. The Balaban J connectivity index is 2.09. The Morgan fingerprint density at radius 1 is 1.17 bits per heavy atom. The summed E-state index contributed by atoms with van der Waals surface area (Å²) in [4.78, 5) is 12.3. The van der Waals surface area contributed by atoms with Gasteiger partial charge in [-0.05, 0) is 30.3 Å². The van der Waals surface area contributed by atoms with Crippen LogP contribution in [0.5, 0.6) is 11.5 Å². The highest BCUT2D eigenvalue weighted by Crippen LogP contribution is 2.27. The molecule has 0 aromatic heterocycles. The molecule has 0 bridgehead atoms. The summed E-state index contributed by atoms with van der Waals surface area (Å²) in [6.07, 6.45) is 0. The van der Waals surface area contributed by atoms with Crippen LogP contribution in [0.4, 0.5) is 0 Å². The molecular formula is C17H18BrNO4S. The average Bonchev–Trinajstić information content (AvgIpc) is 2.55. The van der Waals surface area contributed by atoms with Crippen LogP contribution in [0, 0.1) is 0 Å². The summed E-state index contributed by atoms with van der Waals surface area (Å²) in [6, 6.07) is 14.1. The van der Waals surface area contributed by atoms with E-state index in [9.17, 15) is 13.2 Å². The molecule has 0 aliphatic rings. The quantitative estimate of drug-likeness (QED) is 0.757. The molecule has 0 saturated carbocycles. The lowest BCUT2D eigenvalue weighted by atomic mass is 10.2. The van der Waals surface area contributed by atoms with E-state index in [2.05, 4.69) is 21.2 Å². The number of carbonyl (C=O) groups is 1. The number of nitrogens with one attached hydrogen (secondary N) is 1. The van der Waals surface area contributed by atoms with Gasteiger partial charge in [-0.2, -0.15) is 0 Å². The molecule has 0 spiro atoms. The first kappa shape index (κ1) is 18.5. The summed E-state index contributed by atoms with van der Waals surface area (Å²) >= 11 is 3.37. The fourth-order valence-corrected chi connectivity index (χ4v) is 3.04. The third kappa shape index (κ3) is 5.35. The van der Waals surface area contributed by atoms with Gasteiger partial charge in [0.1, 0.15) is 11.5 Å². The number of hydrogen-bond acceptors (Lipinski definition) is 4. The third-order valence-corrected chi connectivity index (χ3v) is 5.49. The van der Waals surface area contributed by atoms with Gasteiger partial charge in [-0.1, -0.05) is 41.1 Å². The molecule has 5 nitrogen and oxygen atoms in total. The number of hydrogen-bond donors (Lipinski definition) is 1. The van der Waals surface area contributed by atoms with Crippen LogP contribution in [-0.4, -0.2) is 32.4 Å². The minimum absolute atomic E-state index is 0.0610. The highest BCUT2D eigenvalue weighted by molar-refractivity contribution is 9.10. The molecule has 7 heteroatoms. The van der Waals surface area contributed by atoms with E-state index in [1.807, 2.05) is 12.1 Å². The summed E-state index contributed by atoms with van der Waals surface area (Å²) in [6.45, 7) is 1.65. The molecule has 0 saturated heterocycles. The Kier molecular flexibility index (Phi) is 6.39. The van der Waals surface area contributed by atoms with Gasteiger partial charge in [-0.15, -0.1) is 0 Å². The van der Waals surface area contributed by atoms with Crippen LogP contribution in [0.2, 0.25) is 0 Å². The van der Waals surface area contributed by atoms with Gasteiger partial charge < -0.3 is 10.1 Å². The van der Waals surface area contributed by atoms with Crippen molar-refractivity contribution < 1.29 is 17.9 Å². The topological polar surface area (TPSA) is 72.5 Å². The predicted octanol–water partition coefficient (Wildman–Crippen LogP) is 3.41. The van der Waals surface area contributed by atoms with Crippen molar-refractivity contribution in [3.8, 4) is 11.5 Å². The molecule has 0 aliphatic heterocycles. The third-order valence-electron chi connectivity index (χ3n) is 3.29. The van der Waals surface area contributed by atoms with E-state index in [1.54, 1.807) is 43.3 Å². The number of sulfone groups is 1. The number of ether oxygens (including phenoxy) is 1. The number of rotatable bonds is 7. The summed E-state index contributed by atoms with van der Waals surface area (Å²) in [5, 5.41) is 2.62. The lowest BCUT2D eigenvalue weighted by molar-refractivity contribution is 0.0954. The van der Waals surface area contributed by atoms with Crippen LogP contribution in [-0.2, 0) is 9.84 Å². The van der Waals surface area contributed by atoms with Gasteiger partial charge in [-0.3, -0.25) is 4.79 Å². The van der Waals surface area contributed by atoms with Crippen molar-refractivity contribution >= 4 is 31.7 Å². The Hall–Kier alpha value is -1.86. The fraction of sp³-hybridized carbons (Fsp3) is 0.235. The normalized spacial score (nSPS) is 11.1. The van der Waals surface area contributed by atoms with Crippen LogP contribution < -0.4 is 10.1 Å². The van der Waals surface area contributed by atoms with Crippen LogP contribution >= 0.6 is 15.9 Å². The number of amides is 1. The Morgan fingerprint density at radius 3 is 2.62 bits per heavy atom. The van der Waals surface area contributed by atoms with Crippen molar-refractivity contribution in [2.75, 3.05) is 18.1 Å². The summed E-state index contributed by atoms with van der Waals surface area (Å²) < 4.78 is 29.6. The van der Waals surface area contributed by atoms with Crippen molar-refractivity contribution in [1.29, 1.82) is 0 Å². The number of carbonyl (C=O) groups excluding carboxylic acids is 1. The standard InChI is InChI=1S/C17H18BrNO4S/c1-2-24(21,22)11-10-19-17(20)15-8-3-4-9-16(15)23-14-7-5-6-13(18)12-14/h3-9,12H,2,10-11H2,1H3,(H,19,20). The van der Waals surface area contributed by atoms with Gasteiger partial charge in [0.05, 0.1) is 11.3 Å². The molecule has 0 radical (unpaired) electrons. The Morgan fingerprint density at radius 2 is 1.92 bits per heavy atom. The minimum Gasteiger partial charge on any atom is -0.456 e. The fourth-order valence-electron chi connectivity index (χ4n) is 1.96. The maximum atomic E-state index is 12.3. The molecule has 24 heavy (non-hydrogen) atoms. The van der Waals surface area contributed by atoms with Gasteiger partial charge in [-0.25, -0.2) is 8.42 Å². The van der Waals surface area contributed by atoms with Gasteiger partial charge >= 0.3 is 0 Å². The zero-order valence-corrected chi connectivity index (χ0v) is 15.6. The molecular weight excluding hydrogens is 394 g/mol. The number of halogens is 1. The lowest BCUT2D eigenvalue weighted by Gasteiger charge is -2.11. The zero-order chi connectivity index (χ0) is 17.6. The molecule has 1 N–H and O–H groups in total. The van der Waals surface area contributed by atoms with Gasteiger partial charge in [0, 0.05) is 16.8 Å². The van der Waals surface area contributed by atoms with E-state index in [0.29, 0.717) is 17.1 Å². The van der Waals surface area contributed by atoms with Crippen molar-refractivity contribution in [2.24, 2.45) is 0 Å². The van der Waals surface area contributed by atoms with Crippen molar-refractivity contribution in [1.82, 2.24) is 5.32 Å². The van der Waals surface area contributed by atoms with Crippen LogP contribution in [0.3, 0.4) is 0 Å². The smallest absolute Gasteiger partial charge is 0.255 e. The average molecular weight is 412 g/mol. The molecule has 0 heterocycles. The second-order valence-electron chi connectivity index (χ2n) is 5.05.